The predicted molar refractivity (Wildman–Crippen MR) is 115 cm³/mol. The van der Waals surface area contributed by atoms with Crippen LogP contribution in [0.3, 0.4) is 0 Å². The molecule has 7 nitrogen and oxygen atoms in total. The maximum atomic E-state index is 13.1. The van der Waals surface area contributed by atoms with Crippen LogP contribution >= 0.6 is 11.6 Å². The highest BCUT2D eigenvalue weighted by Crippen LogP contribution is 2.25. The third-order valence-electron chi connectivity index (χ3n) is 5.33. The second-order valence-electron chi connectivity index (χ2n) is 7.42. The number of rotatable bonds is 5. The van der Waals surface area contributed by atoms with E-state index in [4.69, 9.17) is 11.6 Å². The van der Waals surface area contributed by atoms with Crippen LogP contribution in [0.4, 0.5) is 5.69 Å². The van der Waals surface area contributed by atoms with Gasteiger partial charge in [0, 0.05) is 28.8 Å². The Kier molecular flexibility index (Phi) is 5.81. The number of nitro groups is 1. The first-order chi connectivity index (χ1) is 14.5. The zero-order valence-corrected chi connectivity index (χ0v) is 17.0. The Balaban J connectivity index is 1.70. The van der Waals surface area contributed by atoms with Crippen LogP contribution in [0, 0.1) is 10.1 Å². The zero-order chi connectivity index (χ0) is 21.1. The molecule has 0 aliphatic heterocycles. The Bertz CT molecular complexity index is 1050. The Labute approximate surface area is 178 Å². The summed E-state index contributed by atoms with van der Waals surface area (Å²) in [6.07, 6.45) is 5.41. The lowest BCUT2D eigenvalue weighted by Gasteiger charge is -2.22. The molecule has 1 aliphatic carbocycles. The minimum Gasteiger partial charge on any atom is -0.348 e. The number of amides is 1. The van der Waals surface area contributed by atoms with Crippen molar-refractivity contribution in [1.29, 1.82) is 0 Å². The van der Waals surface area contributed by atoms with Gasteiger partial charge < -0.3 is 5.32 Å². The van der Waals surface area contributed by atoms with Gasteiger partial charge in [0.05, 0.1) is 16.3 Å². The van der Waals surface area contributed by atoms with Crippen LogP contribution in [0.1, 0.15) is 42.6 Å². The van der Waals surface area contributed by atoms with Crippen LogP contribution in [0.5, 0.6) is 0 Å². The number of nitrogens with zero attached hydrogens (tertiary/aromatic N) is 3. The molecule has 30 heavy (non-hydrogen) atoms. The van der Waals surface area contributed by atoms with Gasteiger partial charge in [-0.1, -0.05) is 30.9 Å². The summed E-state index contributed by atoms with van der Waals surface area (Å²) in [6, 6.07) is 15.1. The minimum atomic E-state index is -0.445. The van der Waals surface area contributed by atoms with E-state index in [-0.39, 0.29) is 17.6 Å². The van der Waals surface area contributed by atoms with E-state index in [1.54, 1.807) is 47.1 Å². The highest BCUT2D eigenvalue weighted by Gasteiger charge is 2.22. The van der Waals surface area contributed by atoms with Crippen LogP contribution in [0.2, 0.25) is 5.02 Å². The van der Waals surface area contributed by atoms with Crippen molar-refractivity contribution in [1.82, 2.24) is 15.1 Å². The summed E-state index contributed by atoms with van der Waals surface area (Å²) in [4.78, 5) is 23.5. The van der Waals surface area contributed by atoms with E-state index in [0.29, 0.717) is 27.7 Å². The average Bonchev–Trinajstić information content (AvgIpc) is 3.21. The van der Waals surface area contributed by atoms with Gasteiger partial charge in [0.1, 0.15) is 5.69 Å². The van der Waals surface area contributed by atoms with Gasteiger partial charge in [0.15, 0.2) is 0 Å². The molecule has 1 N–H and O–H groups in total. The van der Waals surface area contributed by atoms with Crippen molar-refractivity contribution in [2.75, 3.05) is 0 Å². The van der Waals surface area contributed by atoms with Crippen molar-refractivity contribution >= 4 is 23.2 Å². The van der Waals surface area contributed by atoms with Crippen LogP contribution in [0.25, 0.3) is 16.9 Å². The van der Waals surface area contributed by atoms with Crippen molar-refractivity contribution in [2.24, 2.45) is 0 Å². The smallest absolute Gasteiger partial charge is 0.270 e. The van der Waals surface area contributed by atoms with E-state index in [9.17, 15) is 14.9 Å². The number of nitro benzene ring substituents is 1. The first-order valence-corrected chi connectivity index (χ1v) is 10.3. The van der Waals surface area contributed by atoms with Crippen molar-refractivity contribution in [3.05, 3.63) is 75.4 Å². The summed E-state index contributed by atoms with van der Waals surface area (Å²) in [6.45, 7) is 0. The number of hydrogen-bond donors (Lipinski definition) is 1. The molecule has 0 atom stereocenters. The molecule has 0 radical (unpaired) electrons. The summed E-state index contributed by atoms with van der Waals surface area (Å²) in [7, 11) is 0. The molecule has 1 saturated carbocycles. The van der Waals surface area contributed by atoms with Gasteiger partial charge in [-0.2, -0.15) is 5.10 Å². The van der Waals surface area contributed by atoms with E-state index in [2.05, 4.69) is 10.4 Å². The van der Waals surface area contributed by atoms with Crippen molar-refractivity contribution in [3.63, 3.8) is 0 Å². The Morgan fingerprint density at radius 1 is 1.07 bits per heavy atom. The molecule has 1 fully saturated rings. The fourth-order valence-corrected chi connectivity index (χ4v) is 3.85. The molecule has 1 heterocycles. The number of carbonyl (C=O) groups is 1. The number of halogens is 1. The third kappa shape index (κ3) is 4.36. The fraction of sp³-hybridized carbons (Fsp3) is 0.273. The van der Waals surface area contributed by atoms with Gasteiger partial charge in [-0.3, -0.25) is 14.9 Å². The highest BCUT2D eigenvalue weighted by molar-refractivity contribution is 6.30. The molecule has 1 aromatic heterocycles. The lowest BCUT2D eigenvalue weighted by Crippen LogP contribution is -2.37. The maximum absolute atomic E-state index is 13.1. The quantitative estimate of drug-likeness (QED) is 0.452. The second kappa shape index (κ2) is 8.67. The van der Waals surface area contributed by atoms with Crippen LogP contribution in [-0.4, -0.2) is 26.7 Å². The molecule has 4 rings (SSSR count). The van der Waals surface area contributed by atoms with Crippen LogP contribution in [-0.2, 0) is 0 Å². The molecule has 3 aromatic rings. The number of aromatic nitrogens is 2. The average molecular weight is 425 g/mol. The monoisotopic (exact) mass is 424 g/mol. The Hall–Kier alpha value is -3.19. The van der Waals surface area contributed by atoms with Gasteiger partial charge in [-0.15, -0.1) is 0 Å². The maximum Gasteiger partial charge on any atom is 0.270 e. The van der Waals surface area contributed by atoms with Crippen molar-refractivity contribution in [3.8, 4) is 16.9 Å². The van der Waals surface area contributed by atoms with Crippen molar-refractivity contribution < 1.29 is 9.72 Å². The molecular weight excluding hydrogens is 404 g/mol. The zero-order valence-electron chi connectivity index (χ0n) is 16.3. The molecule has 154 valence electrons. The van der Waals surface area contributed by atoms with E-state index in [0.717, 1.165) is 25.7 Å². The molecule has 0 bridgehead atoms. The topological polar surface area (TPSA) is 90.1 Å². The molecule has 8 heteroatoms. The first-order valence-electron chi connectivity index (χ1n) is 9.93. The molecule has 2 aromatic carbocycles. The highest BCUT2D eigenvalue weighted by atomic mass is 35.5. The summed E-state index contributed by atoms with van der Waals surface area (Å²) < 4.78 is 1.59. The van der Waals surface area contributed by atoms with Gasteiger partial charge in [0.2, 0.25) is 0 Å². The first kappa shape index (κ1) is 20.1. The van der Waals surface area contributed by atoms with E-state index >= 15 is 0 Å². The summed E-state index contributed by atoms with van der Waals surface area (Å²) in [5.41, 5.74) is 2.39. The Morgan fingerprint density at radius 3 is 2.37 bits per heavy atom. The SMILES string of the molecule is O=C(NC1CCCCC1)c1cc(-c2ccc([N+](=O)[O-])cc2)nn1-c1ccc(Cl)cc1. The van der Waals surface area contributed by atoms with Gasteiger partial charge in [-0.25, -0.2) is 4.68 Å². The number of benzene rings is 2. The molecular formula is C22H21ClN4O3. The lowest BCUT2D eigenvalue weighted by atomic mass is 9.95. The van der Waals surface area contributed by atoms with Gasteiger partial charge >= 0.3 is 0 Å². The molecule has 0 unspecified atom stereocenters. The summed E-state index contributed by atoms with van der Waals surface area (Å²) >= 11 is 6.01. The fourth-order valence-electron chi connectivity index (χ4n) is 3.72. The lowest BCUT2D eigenvalue weighted by molar-refractivity contribution is -0.384. The largest absolute Gasteiger partial charge is 0.348 e. The van der Waals surface area contributed by atoms with Crippen molar-refractivity contribution in [2.45, 2.75) is 38.1 Å². The predicted octanol–water partition coefficient (Wildman–Crippen LogP) is 5.16. The molecule has 1 aliphatic rings. The standard InChI is InChI=1S/C22H21ClN4O3/c23-16-8-12-18(13-9-16)26-21(22(28)24-17-4-2-1-3-5-17)14-20(25-26)15-6-10-19(11-7-15)27(29)30/h6-14,17H,1-5H2,(H,24,28). The van der Waals surface area contributed by atoms with E-state index < -0.39 is 4.92 Å². The Morgan fingerprint density at radius 2 is 1.73 bits per heavy atom. The number of non-ortho nitro benzene ring substituents is 1. The molecule has 0 saturated heterocycles. The summed E-state index contributed by atoms with van der Waals surface area (Å²) in [5, 5.41) is 19.3. The van der Waals surface area contributed by atoms with E-state index in [1.165, 1.54) is 18.6 Å². The van der Waals surface area contributed by atoms with Gasteiger partial charge in [-0.05, 0) is 55.3 Å². The number of nitrogens with one attached hydrogen (secondary N) is 1. The summed E-state index contributed by atoms with van der Waals surface area (Å²) in [5.74, 6) is -0.183. The van der Waals surface area contributed by atoms with Crippen LogP contribution < -0.4 is 5.32 Å². The normalized spacial score (nSPS) is 14.4. The molecule has 0 spiro atoms. The number of carbonyl (C=O) groups excluding carboxylic acids is 1. The third-order valence-corrected chi connectivity index (χ3v) is 5.58. The second-order valence-corrected chi connectivity index (χ2v) is 7.85. The number of hydrogen-bond acceptors (Lipinski definition) is 4. The van der Waals surface area contributed by atoms with E-state index in [1.807, 2.05) is 0 Å². The molecule has 1 amide bonds. The minimum absolute atomic E-state index is 0.00569. The van der Waals surface area contributed by atoms with Gasteiger partial charge in [0.25, 0.3) is 11.6 Å². The van der Waals surface area contributed by atoms with Crippen LogP contribution in [0.15, 0.2) is 54.6 Å².